The van der Waals surface area contributed by atoms with Crippen LogP contribution in [0.25, 0.3) is 0 Å². The first-order valence-corrected chi connectivity index (χ1v) is 3.31. The summed E-state index contributed by atoms with van der Waals surface area (Å²) < 4.78 is 12.8. The van der Waals surface area contributed by atoms with Crippen molar-refractivity contribution in [3.63, 3.8) is 0 Å². The van der Waals surface area contributed by atoms with E-state index < -0.39 is 11.9 Å². The molecule has 0 fully saturated rings. The molecular weight excluding hydrogens is 145 g/mol. The maximum Gasteiger partial charge on any atom is 0.216 e. The molecule has 1 aromatic rings. The molecule has 2 nitrogen and oxygen atoms in total. The third kappa shape index (κ3) is 1.61. The van der Waals surface area contributed by atoms with Crippen molar-refractivity contribution in [1.82, 2.24) is 4.98 Å². The number of carbonyl (C=O) groups is 1. The lowest BCUT2D eigenvalue weighted by Crippen LogP contribution is -1.99. The summed E-state index contributed by atoms with van der Waals surface area (Å²) in [5.74, 6) is -0.976. The van der Waals surface area contributed by atoms with Crippen molar-refractivity contribution in [3.05, 3.63) is 29.8 Å². The molecule has 0 aliphatic carbocycles. The van der Waals surface area contributed by atoms with Gasteiger partial charge in [0.25, 0.3) is 0 Å². The van der Waals surface area contributed by atoms with Gasteiger partial charge in [-0.2, -0.15) is 4.39 Å². The summed E-state index contributed by atoms with van der Waals surface area (Å²) in [6.07, 6.45) is 2.05. The van der Waals surface area contributed by atoms with Crippen LogP contribution in [0.15, 0.2) is 18.3 Å². The second kappa shape index (κ2) is 3.23. The van der Waals surface area contributed by atoms with Crippen LogP contribution in [0.1, 0.15) is 18.4 Å². The van der Waals surface area contributed by atoms with E-state index in [-0.39, 0.29) is 0 Å². The predicted octanol–water partition coefficient (Wildman–Crippen LogP) is 1.52. The minimum Gasteiger partial charge on any atom is -0.303 e. The number of rotatable bonds is 2. The highest BCUT2D eigenvalue weighted by atomic mass is 19.1. The molecule has 0 aliphatic rings. The molecule has 0 aromatic carbocycles. The standard InChI is InChI=1S/C8H8FNO/c1-6(5-11)7-3-2-4-10-8(7)9/h2-6H,1H3. The topological polar surface area (TPSA) is 30.0 Å². The zero-order valence-corrected chi connectivity index (χ0v) is 6.12. The number of carbonyl (C=O) groups excluding carboxylic acids is 1. The number of nitrogens with zero attached hydrogens (tertiary/aromatic N) is 1. The van der Waals surface area contributed by atoms with Gasteiger partial charge >= 0.3 is 0 Å². The van der Waals surface area contributed by atoms with E-state index in [1.807, 2.05) is 0 Å². The summed E-state index contributed by atoms with van der Waals surface area (Å²) in [5.41, 5.74) is 0.350. The Balaban J connectivity index is 3.02. The van der Waals surface area contributed by atoms with E-state index in [1.54, 1.807) is 19.1 Å². The molecule has 11 heavy (non-hydrogen) atoms. The average Bonchev–Trinajstić information content (AvgIpc) is 2.04. The van der Waals surface area contributed by atoms with E-state index in [9.17, 15) is 9.18 Å². The van der Waals surface area contributed by atoms with E-state index in [2.05, 4.69) is 4.98 Å². The monoisotopic (exact) mass is 153 g/mol. The summed E-state index contributed by atoms with van der Waals surface area (Å²) in [4.78, 5) is 13.7. The van der Waals surface area contributed by atoms with Crippen molar-refractivity contribution in [2.24, 2.45) is 0 Å². The summed E-state index contributed by atoms with van der Waals surface area (Å²) in [6, 6.07) is 3.17. The van der Waals surface area contributed by atoms with Crippen molar-refractivity contribution >= 4 is 6.29 Å². The van der Waals surface area contributed by atoms with Crippen LogP contribution in [-0.4, -0.2) is 11.3 Å². The number of pyridine rings is 1. The van der Waals surface area contributed by atoms with Crippen LogP contribution in [0.5, 0.6) is 0 Å². The largest absolute Gasteiger partial charge is 0.303 e. The molecule has 1 unspecified atom stereocenters. The molecule has 0 N–H and O–H groups in total. The molecule has 1 aromatic heterocycles. The van der Waals surface area contributed by atoms with Gasteiger partial charge in [-0.15, -0.1) is 0 Å². The Bertz CT molecular complexity index is 262. The first-order valence-electron chi connectivity index (χ1n) is 3.31. The van der Waals surface area contributed by atoms with Crippen LogP contribution >= 0.6 is 0 Å². The first kappa shape index (κ1) is 7.85. The van der Waals surface area contributed by atoms with Gasteiger partial charge < -0.3 is 4.79 Å². The highest BCUT2D eigenvalue weighted by molar-refractivity contribution is 5.61. The van der Waals surface area contributed by atoms with Gasteiger partial charge in [0.15, 0.2) is 0 Å². The van der Waals surface area contributed by atoms with E-state index in [4.69, 9.17) is 0 Å². The SMILES string of the molecule is CC(C=O)c1cccnc1F. The number of halogens is 1. The van der Waals surface area contributed by atoms with Gasteiger partial charge in [0, 0.05) is 17.7 Å². The molecule has 1 heterocycles. The maximum absolute atomic E-state index is 12.8. The van der Waals surface area contributed by atoms with Crippen LogP contribution in [0.4, 0.5) is 4.39 Å². The van der Waals surface area contributed by atoms with Crippen LogP contribution in [-0.2, 0) is 4.79 Å². The molecule has 0 saturated carbocycles. The molecule has 0 radical (unpaired) electrons. The van der Waals surface area contributed by atoms with Gasteiger partial charge in [0.2, 0.25) is 5.95 Å². The Morgan fingerprint density at radius 2 is 2.45 bits per heavy atom. The molecule has 3 heteroatoms. The third-order valence-electron chi connectivity index (χ3n) is 1.48. The van der Waals surface area contributed by atoms with Gasteiger partial charge in [-0.25, -0.2) is 4.98 Å². The third-order valence-corrected chi connectivity index (χ3v) is 1.48. The number of hydrogen-bond acceptors (Lipinski definition) is 2. The van der Waals surface area contributed by atoms with Crippen LogP contribution in [0, 0.1) is 5.95 Å². The molecule has 0 saturated heterocycles. The highest BCUT2D eigenvalue weighted by Gasteiger charge is 2.08. The Kier molecular flexibility index (Phi) is 2.31. The Morgan fingerprint density at radius 1 is 1.73 bits per heavy atom. The summed E-state index contributed by atoms with van der Waals surface area (Å²) in [7, 11) is 0. The zero-order chi connectivity index (χ0) is 8.27. The second-order valence-corrected chi connectivity index (χ2v) is 2.31. The van der Waals surface area contributed by atoms with Gasteiger partial charge in [0.1, 0.15) is 6.29 Å². The Labute approximate surface area is 64.1 Å². The van der Waals surface area contributed by atoms with Crippen molar-refractivity contribution in [2.75, 3.05) is 0 Å². The lowest BCUT2D eigenvalue weighted by atomic mass is 10.1. The van der Waals surface area contributed by atoms with E-state index >= 15 is 0 Å². The van der Waals surface area contributed by atoms with Crippen molar-refractivity contribution in [1.29, 1.82) is 0 Å². The minimum absolute atomic E-state index is 0.350. The zero-order valence-electron chi connectivity index (χ0n) is 6.12. The van der Waals surface area contributed by atoms with Gasteiger partial charge in [0.05, 0.1) is 0 Å². The summed E-state index contributed by atoms with van der Waals surface area (Å²) in [5, 5.41) is 0. The predicted molar refractivity (Wildman–Crippen MR) is 38.7 cm³/mol. The molecule has 1 rings (SSSR count). The molecule has 0 bridgehead atoms. The van der Waals surface area contributed by atoms with Gasteiger partial charge in [-0.1, -0.05) is 13.0 Å². The fourth-order valence-corrected chi connectivity index (χ4v) is 0.811. The number of aromatic nitrogens is 1. The van der Waals surface area contributed by atoms with Gasteiger partial charge in [-0.3, -0.25) is 0 Å². The summed E-state index contributed by atoms with van der Waals surface area (Å²) >= 11 is 0. The number of aldehydes is 1. The van der Waals surface area contributed by atoms with E-state index in [1.165, 1.54) is 6.20 Å². The van der Waals surface area contributed by atoms with Crippen LogP contribution in [0.2, 0.25) is 0 Å². The molecule has 1 atom stereocenters. The molecule has 58 valence electrons. The van der Waals surface area contributed by atoms with E-state index in [0.29, 0.717) is 11.8 Å². The van der Waals surface area contributed by atoms with E-state index in [0.717, 1.165) is 0 Å². The quantitative estimate of drug-likeness (QED) is 0.476. The minimum atomic E-state index is -0.563. The fraction of sp³-hybridized carbons (Fsp3) is 0.250. The maximum atomic E-state index is 12.8. The lowest BCUT2D eigenvalue weighted by Gasteiger charge is -2.02. The average molecular weight is 153 g/mol. The van der Waals surface area contributed by atoms with Gasteiger partial charge in [-0.05, 0) is 6.07 Å². The Morgan fingerprint density at radius 3 is 3.00 bits per heavy atom. The summed E-state index contributed by atoms with van der Waals surface area (Å²) in [6.45, 7) is 1.63. The second-order valence-electron chi connectivity index (χ2n) is 2.31. The number of hydrogen-bond donors (Lipinski definition) is 0. The lowest BCUT2D eigenvalue weighted by molar-refractivity contribution is -0.108. The smallest absolute Gasteiger partial charge is 0.216 e. The fourth-order valence-electron chi connectivity index (χ4n) is 0.811. The molecule has 0 spiro atoms. The molecule has 0 aliphatic heterocycles. The van der Waals surface area contributed by atoms with Crippen LogP contribution < -0.4 is 0 Å². The van der Waals surface area contributed by atoms with Crippen LogP contribution in [0.3, 0.4) is 0 Å². The molecule has 0 amide bonds. The molecular formula is C8H8FNO. The highest BCUT2D eigenvalue weighted by Crippen LogP contribution is 2.13. The van der Waals surface area contributed by atoms with Crippen molar-refractivity contribution < 1.29 is 9.18 Å². The van der Waals surface area contributed by atoms with Crippen molar-refractivity contribution in [2.45, 2.75) is 12.8 Å². The van der Waals surface area contributed by atoms with Crippen molar-refractivity contribution in [3.8, 4) is 0 Å². The normalized spacial score (nSPS) is 12.5. The first-order chi connectivity index (χ1) is 5.25. The Hall–Kier alpha value is -1.25.